The summed E-state index contributed by atoms with van der Waals surface area (Å²) in [7, 11) is 0. The van der Waals surface area contributed by atoms with Crippen molar-refractivity contribution < 1.29 is 14.3 Å². The largest absolute Gasteiger partial charge is 0.476 e. The average molecular weight is 304 g/mol. The molecule has 21 heavy (non-hydrogen) atoms. The van der Waals surface area contributed by atoms with Crippen LogP contribution in [0.5, 0.6) is 0 Å². The molecule has 106 valence electrons. The molecule has 0 aliphatic rings. The smallest absolute Gasteiger partial charge is 0.358 e. The minimum Gasteiger partial charge on any atom is -0.476 e. The van der Waals surface area contributed by atoms with Gasteiger partial charge in [0.1, 0.15) is 5.69 Å². The van der Waals surface area contributed by atoms with E-state index in [-0.39, 0.29) is 5.69 Å². The van der Waals surface area contributed by atoms with E-state index in [0.717, 1.165) is 5.56 Å². The highest BCUT2D eigenvalue weighted by Crippen LogP contribution is 2.25. The van der Waals surface area contributed by atoms with Gasteiger partial charge in [-0.05, 0) is 23.8 Å². The minimum atomic E-state index is -1.16. The van der Waals surface area contributed by atoms with Gasteiger partial charge in [0, 0.05) is 5.02 Å². The number of hydrogen-bond donors (Lipinski definition) is 1. The van der Waals surface area contributed by atoms with Crippen LogP contribution in [-0.4, -0.2) is 26.1 Å². The molecule has 1 aromatic carbocycles. The average Bonchev–Trinajstić information content (AvgIpc) is 3.09. The highest BCUT2D eigenvalue weighted by Gasteiger charge is 2.22. The lowest BCUT2D eigenvalue weighted by Crippen LogP contribution is -2.06. The van der Waals surface area contributed by atoms with Crippen molar-refractivity contribution in [2.24, 2.45) is 0 Å². The molecule has 7 heteroatoms. The number of furan rings is 1. The zero-order valence-electron chi connectivity index (χ0n) is 10.7. The zero-order chi connectivity index (χ0) is 14.8. The normalized spacial score (nSPS) is 10.7. The van der Waals surface area contributed by atoms with Crippen LogP contribution in [0.25, 0.3) is 11.5 Å². The van der Waals surface area contributed by atoms with Crippen LogP contribution in [0.3, 0.4) is 0 Å². The maximum atomic E-state index is 11.3. The first-order chi connectivity index (χ1) is 10.2. The molecule has 0 amide bonds. The summed E-state index contributed by atoms with van der Waals surface area (Å²) in [6.45, 7) is 0.302. The Hall–Kier alpha value is -2.60. The number of rotatable bonds is 4. The van der Waals surface area contributed by atoms with Gasteiger partial charge in [0.15, 0.2) is 5.76 Å². The number of aromatic nitrogens is 3. The molecule has 2 aromatic heterocycles. The number of benzene rings is 1. The zero-order valence-corrected chi connectivity index (χ0v) is 11.5. The van der Waals surface area contributed by atoms with Crippen LogP contribution in [0.15, 0.2) is 47.1 Å². The summed E-state index contributed by atoms with van der Waals surface area (Å²) >= 11 is 6.12. The fourth-order valence-electron chi connectivity index (χ4n) is 2.01. The molecular weight excluding hydrogens is 294 g/mol. The van der Waals surface area contributed by atoms with Crippen LogP contribution >= 0.6 is 11.6 Å². The van der Waals surface area contributed by atoms with E-state index in [4.69, 9.17) is 16.0 Å². The molecule has 0 unspecified atom stereocenters. The second kappa shape index (κ2) is 5.41. The van der Waals surface area contributed by atoms with Gasteiger partial charge >= 0.3 is 5.97 Å². The molecule has 0 fully saturated rings. The SMILES string of the molecule is O=C(O)c1nnn(Cc2ccccc2Cl)c1-c1ccco1. The number of aromatic carboxylic acids is 1. The minimum absolute atomic E-state index is 0.156. The standard InChI is InChI=1S/C14H10ClN3O3/c15-10-5-2-1-4-9(10)8-18-13(11-6-3-7-21-11)12(14(19)20)16-17-18/h1-7H,8H2,(H,19,20). The van der Waals surface area contributed by atoms with Crippen molar-refractivity contribution in [2.45, 2.75) is 6.54 Å². The molecule has 0 saturated heterocycles. The topological polar surface area (TPSA) is 81.1 Å². The molecule has 2 heterocycles. The first-order valence-electron chi connectivity index (χ1n) is 6.11. The van der Waals surface area contributed by atoms with Crippen molar-refractivity contribution in [2.75, 3.05) is 0 Å². The van der Waals surface area contributed by atoms with Gasteiger partial charge in [0.05, 0.1) is 12.8 Å². The van der Waals surface area contributed by atoms with Crippen molar-refractivity contribution in [3.8, 4) is 11.5 Å². The number of carboxylic acids is 1. The third kappa shape index (κ3) is 2.53. The predicted molar refractivity (Wildman–Crippen MR) is 75.2 cm³/mol. The Kier molecular flexibility index (Phi) is 3.45. The van der Waals surface area contributed by atoms with E-state index in [0.29, 0.717) is 23.0 Å². The Balaban J connectivity index is 2.08. The number of carbonyl (C=O) groups is 1. The summed E-state index contributed by atoms with van der Waals surface area (Å²) < 4.78 is 6.74. The Labute approximate surface area is 124 Å². The van der Waals surface area contributed by atoms with Gasteiger partial charge < -0.3 is 9.52 Å². The lowest BCUT2D eigenvalue weighted by atomic mass is 10.2. The molecule has 1 N–H and O–H groups in total. The molecule has 0 aliphatic heterocycles. The molecule has 3 aromatic rings. The van der Waals surface area contributed by atoms with Gasteiger partial charge in [-0.25, -0.2) is 9.48 Å². The fourth-order valence-corrected chi connectivity index (χ4v) is 2.21. The monoisotopic (exact) mass is 303 g/mol. The molecule has 0 saturated carbocycles. The third-order valence-electron chi connectivity index (χ3n) is 2.97. The first kappa shape index (κ1) is 13.4. The number of carboxylic acid groups (broad SMARTS) is 1. The summed E-state index contributed by atoms with van der Waals surface area (Å²) in [6.07, 6.45) is 1.47. The number of halogens is 1. The van der Waals surface area contributed by atoms with Gasteiger partial charge in [-0.15, -0.1) is 5.10 Å². The van der Waals surface area contributed by atoms with E-state index in [2.05, 4.69) is 10.3 Å². The van der Waals surface area contributed by atoms with E-state index in [1.165, 1.54) is 10.9 Å². The maximum absolute atomic E-state index is 11.3. The second-order valence-corrected chi connectivity index (χ2v) is 4.73. The maximum Gasteiger partial charge on any atom is 0.358 e. The summed E-state index contributed by atoms with van der Waals surface area (Å²) in [5.41, 5.74) is 0.971. The van der Waals surface area contributed by atoms with Gasteiger partial charge in [-0.3, -0.25) is 0 Å². The highest BCUT2D eigenvalue weighted by molar-refractivity contribution is 6.31. The molecule has 6 nitrogen and oxygen atoms in total. The van der Waals surface area contributed by atoms with Crippen LogP contribution in [-0.2, 0) is 6.54 Å². The molecule has 3 rings (SSSR count). The van der Waals surface area contributed by atoms with Gasteiger partial charge in [0.25, 0.3) is 0 Å². The lowest BCUT2D eigenvalue weighted by Gasteiger charge is -2.06. The third-order valence-corrected chi connectivity index (χ3v) is 3.34. The Morgan fingerprint density at radius 1 is 1.29 bits per heavy atom. The summed E-state index contributed by atoms with van der Waals surface area (Å²) in [6, 6.07) is 10.6. The first-order valence-corrected chi connectivity index (χ1v) is 6.48. The number of hydrogen-bond acceptors (Lipinski definition) is 4. The van der Waals surface area contributed by atoms with Crippen LogP contribution in [0.1, 0.15) is 16.1 Å². The van der Waals surface area contributed by atoms with Gasteiger partial charge in [0.2, 0.25) is 5.69 Å². The van der Waals surface area contributed by atoms with Crippen molar-refractivity contribution in [1.82, 2.24) is 15.0 Å². The van der Waals surface area contributed by atoms with Crippen LogP contribution < -0.4 is 0 Å². The van der Waals surface area contributed by atoms with Crippen molar-refractivity contribution in [1.29, 1.82) is 0 Å². The van der Waals surface area contributed by atoms with E-state index < -0.39 is 5.97 Å². The van der Waals surface area contributed by atoms with Crippen LogP contribution in [0.2, 0.25) is 5.02 Å². The summed E-state index contributed by atoms with van der Waals surface area (Å²) in [5.74, 6) is -0.767. The Bertz CT molecular complexity index is 781. The highest BCUT2D eigenvalue weighted by atomic mass is 35.5. The molecule has 0 atom stereocenters. The van der Waals surface area contributed by atoms with E-state index in [1.54, 1.807) is 18.2 Å². The molecule has 0 spiro atoms. The fraction of sp³-hybridized carbons (Fsp3) is 0.0714. The molecular formula is C14H10ClN3O3. The molecule has 0 radical (unpaired) electrons. The predicted octanol–water partition coefficient (Wildman–Crippen LogP) is 2.94. The van der Waals surface area contributed by atoms with E-state index in [9.17, 15) is 9.90 Å². The van der Waals surface area contributed by atoms with E-state index in [1.807, 2.05) is 18.2 Å². The quantitative estimate of drug-likeness (QED) is 0.801. The van der Waals surface area contributed by atoms with Gasteiger partial charge in [-0.2, -0.15) is 0 Å². The second-order valence-electron chi connectivity index (χ2n) is 4.32. The Morgan fingerprint density at radius 2 is 2.10 bits per heavy atom. The summed E-state index contributed by atoms with van der Waals surface area (Å²) in [5, 5.41) is 17.4. The van der Waals surface area contributed by atoms with E-state index >= 15 is 0 Å². The van der Waals surface area contributed by atoms with Gasteiger partial charge in [-0.1, -0.05) is 35.0 Å². The number of nitrogens with zero attached hydrogens (tertiary/aromatic N) is 3. The lowest BCUT2D eigenvalue weighted by molar-refractivity contribution is 0.0691. The molecule has 0 bridgehead atoms. The summed E-state index contributed by atoms with van der Waals surface area (Å²) in [4.78, 5) is 11.3. The Morgan fingerprint density at radius 3 is 2.76 bits per heavy atom. The van der Waals surface area contributed by atoms with Crippen molar-refractivity contribution in [3.63, 3.8) is 0 Å². The van der Waals surface area contributed by atoms with Crippen molar-refractivity contribution >= 4 is 17.6 Å². The molecule has 0 aliphatic carbocycles. The van der Waals surface area contributed by atoms with Crippen LogP contribution in [0.4, 0.5) is 0 Å². The van der Waals surface area contributed by atoms with Crippen LogP contribution in [0, 0.1) is 0 Å². The van der Waals surface area contributed by atoms with Crippen molar-refractivity contribution in [3.05, 3.63) is 58.9 Å².